The Hall–Kier alpha value is -1.02. The summed E-state index contributed by atoms with van der Waals surface area (Å²) in [6, 6.07) is 0. The minimum absolute atomic E-state index is 0.0758. The third kappa shape index (κ3) is 3.99. The predicted molar refractivity (Wildman–Crippen MR) is 75.2 cm³/mol. The number of aliphatic hydroxyl groups is 1. The number of aliphatic hydroxyl groups excluding tert-OH is 1. The average Bonchev–Trinajstić information content (AvgIpc) is 2.82. The monoisotopic (exact) mass is 283 g/mol. The Bertz CT molecular complexity index is 401. The minimum Gasteiger partial charge on any atom is -0.394 e. The number of rotatable bonds is 7. The first-order chi connectivity index (χ1) is 9.76. The highest BCUT2D eigenvalue weighted by atomic mass is 16.5. The lowest BCUT2D eigenvalue weighted by Crippen LogP contribution is -2.45. The largest absolute Gasteiger partial charge is 0.394 e. The van der Waals surface area contributed by atoms with Gasteiger partial charge in [0.05, 0.1) is 19.7 Å². The second kappa shape index (κ2) is 7.68. The van der Waals surface area contributed by atoms with E-state index in [4.69, 9.17) is 9.84 Å². The molecule has 0 aromatic carbocycles. The normalized spacial score (nSPS) is 17.8. The lowest BCUT2D eigenvalue weighted by molar-refractivity contribution is 0.127. The van der Waals surface area contributed by atoms with Gasteiger partial charge in [0.25, 0.3) is 0 Å². The van der Waals surface area contributed by atoms with E-state index in [1.165, 1.54) is 0 Å². The van der Waals surface area contributed by atoms with Gasteiger partial charge in [-0.1, -0.05) is 6.92 Å². The van der Waals surface area contributed by atoms with Gasteiger partial charge in [0.15, 0.2) is 5.82 Å². The Labute approximate surface area is 120 Å². The zero-order valence-electron chi connectivity index (χ0n) is 12.5. The smallest absolute Gasteiger partial charge is 0.176 e. The molecule has 0 bridgehead atoms. The van der Waals surface area contributed by atoms with Gasteiger partial charge in [-0.3, -0.25) is 4.90 Å². The molecular formula is C13H25N5O2. The molecule has 0 spiro atoms. The molecule has 20 heavy (non-hydrogen) atoms. The predicted octanol–water partition coefficient (Wildman–Crippen LogP) is -0.446. The summed E-state index contributed by atoms with van der Waals surface area (Å²) in [6.45, 7) is 9.40. The fourth-order valence-electron chi connectivity index (χ4n) is 2.47. The van der Waals surface area contributed by atoms with E-state index in [2.05, 4.69) is 26.8 Å². The highest BCUT2D eigenvalue weighted by Crippen LogP contribution is 2.08. The third-order valence-corrected chi connectivity index (χ3v) is 3.65. The first-order valence-corrected chi connectivity index (χ1v) is 7.24. The molecule has 2 rings (SSSR count). The molecule has 1 N–H and O–H groups in total. The Morgan fingerprint density at radius 2 is 1.90 bits per heavy atom. The maximum atomic E-state index is 9.12. The SMILES string of the molecule is CCN1CCN(Cc2nc(COC)nn2CCO)CC1. The zero-order chi connectivity index (χ0) is 14.4. The molecule has 0 aliphatic carbocycles. The lowest BCUT2D eigenvalue weighted by atomic mass is 10.3. The van der Waals surface area contributed by atoms with Crippen LogP contribution in [0.4, 0.5) is 0 Å². The molecule has 1 aromatic rings. The summed E-state index contributed by atoms with van der Waals surface area (Å²) in [5.41, 5.74) is 0. The van der Waals surface area contributed by atoms with Gasteiger partial charge in [-0.15, -0.1) is 0 Å². The van der Waals surface area contributed by atoms with Crippen molar-refractivity contribution >= 4 is 0 Å². The minimum atomic E-state index is 0.0758. The Morgan fingerprint density at radius 3 is 2.50 bits per heavy atom. The van der Waals surface area contributed by atoms with Crippen LogP contribution in [0.15, 0.2) is 0 Å². The molecule has 1 aliphatic heterocycles. The number of piperazine rings is 1. The van der Waals surface area contributed by atoms with Crippen molar-refractivity contribution in [2.24, 2.45) is 0 Å². The molecule has 114 valence electrons. The van der Waals surface area contributed by atoms with Crippen LogP contribution in [-0.4, -0.2) is 76.1 Å². The van der Waals surface area contributed by atoms with Crippen LogP contribution in [0.5, 0.6) is 0 Å². The fraction of sp³-hybridized carbons (Fsp3) is 0.846. The first kappa shape index (κ1) is 15.4. The highest BCUT2D eigenvalue weighted by molar-refractivity contribution is 4.93. The molecular weight excluding hydrogens is 258 g/mol. The summed E-state index contributed by atoms with van der Waals surface area (Å²) in [5, 5.41) is 13.5. The molecule has 1 fully saturated rings. The van der Waals surface area contributed by atoms with E-state index in [9.17, 15) is 0 Å². The Kier molecular flexibility index (Phi) is 5.90. The summed E-state index contributed by atoms with van der Waals surface area (Å²) >= 11 is 0. The van der Waals surface area contributed by atoms with E-state index < -0.39 is 0 Å². The fourth-order valence-corrected chi connectivity index (χ4v) is 2.47. The van der Waals surface area contributed by atoms with Crippen LogP contribution in [0.2, 0.25) is 0 Å². The maximum absolute atomic E-state index is 9.12. The van der Waals surface area contributed by atoms with Crippen molar-refractivity contribution in [3.63, 3.8) is 0 Å². The van der Waals surface area contributed by atoms with E-state index in [1.54, 1.807) is 11.8 Å². The van der Waals surface area contributed by atoms with Crippen LogP contribution < -0.4 is 0 Å². The Balaban J connectivity index is 1.97. The number of nitrogens with zero attached hydrogens (tertiary/aromatic N) is 5. The third-order valence-electron chi connectivity index (χ3n) is 3.65. The van der Waals surface area contributed by atoms with Crippen molar-refractivity contribution in [1.29, 1.82) is 0 Å². The van der Waals surface area contributed by atoms with Gasteiger partial charge in [0.1, 0.15) is 12.4 Å². The van der Waals surface area contributed by atoms with Crippen LogP contribution in [-0.2, 0) is 24.4 Å². The van der Waals surface area contributed by atoms with Crippen molar-refractivity contribution in [2.75, 3.05) is 46.4 Å². The number of aromatic nitrogens is 3. The topological polar surface area (TPSA) is 66.7 Å². The first-order valence-electron chi connectivity index (χ1n) is 7.24. The van der Waals surface area contributed by atoms with Crippen LogP contribution in [0.25, 0.3) is 0 Å². The van der Waals surface area contributed by atoms with Crippen molar-refractivity contribution < 1.29 is 9.84 Å². The number of ether oxygens (including phenoxy) is 1. The van der Waals surface area contributed by atoms with Gasteiger partial charge in [-0.2, -0.15) is 5.10 Å². The van der Waals surface area contributed by atoms with Gasteiger partial charge in [0.2, 0.25) is 0 Å². The van der Waals surface area contributed by atoms with E-state index in [-0.39, 0.29) is 6.61 Å². The molecule has 1 saturated heterocycles. The van der Waals surface area contributed by atoms with Gasteiger partial charge in [0, 0.05) is 33.3 Å². The highest BCUT2D eigenvalue weighted by Gasteiger charge is 2.18. The van der Waals surface area contributed by atoms with Crippen LogP contribution in [0.1, 0.15) is 18.6 Å². The van der Waals surface area contributed by atoms with Gasteiger partial charge in [-0.05, 0) is 6.54 Å². The van der Waals surface area contributed by atoms with Crippen LogP contribution in [0, 0.1) is 0 Å². The van der Waals surface area contributed by atoms with E-state index in [0.717, 1.165) is 45.1 Å². The van der Waals surface area contributed by atoms with E-state index in [1.807, 2.05) is 0 Å². The van der Waals surface area contributed by atoms with Crippen LogP contribution >= 0.6 is 0 Å². The summed E-state index contributed by atoms with van der Waals surface area (Å²) < 4.78 is 6.86. The van der Waals surface area contributed by atoms with Crippen LogP contribution in [0.3, 0.4) is 0 Å². The number of methoxy groups -OCH3 is 1. The molecule has 7 heteroatoms. The summed E-state index contributed by atoms with van der Waals surface area (Å²) in [6.07, 6.45) is 0. The molecule has 1 aliphatic rings. The zero-order valence-corrected chi connectivity index (χ0v) is 12.5. The second-order valence-corrected chi connectivity index (χ2v) is 5.03. The summed E-state index contributed by atoms with van der Waals surface area (Å²) in [5.74, 6) is 1.60. The number of likely N-dealkylation sites (N-methyl/N-ethyl adjacent to an activating group) is 1. The molecule has 0 amide bonds. The Morgan fingerprint density at radius 1 is 1.20 bits per heavy atom. The molecule has 2 heterocycles. The molecule has 0 radical (unpaired) electrons. The molecule has 0 saturated carbocycles. The van der Waals surface area contributed by atoms with Crippen molar-refractivity contribution in [1.82, 2.24) is 24.6 Å². The average molecular weight is 283 g/mol. The summed E-state index contributed by atoms with van der Waals surface area (Å²) in [4.78, 5) is 9.35. The quantitative estimate of drug-likeness (QED) is 0.731. The van der Waals surface area contributed by atoms with Crippen molar-refractivity contribution in [3.8, 4) is 0 Å². The van der Waals surface area contributed by atoms with Gasteiger partial charge >= 0.3 is 0 Å². The molecule has 7 nitrogen and oxygen atoms in total. The second-order valence-electron chi connectivity index (χ2n) is 5.03. The number of hydrogen-bond donors (Lipinski definition) is 1. The molecule has 0 atom stereocenters. The maximum Gasteiger partial charge on any atom is 0.176 e. The number of hydrogen-bond acceptors (Lipinski definition) is 6. The van der Waals surface area contributed by atoms with Gasteiger partial charge < -0.3 is 14.7 Å². The lowest BCUT2D eigenvalue weighted by Gasteiger charge is -2.33. The molecule has 0 unspecified atom stereocenters. The molecule has 1 aromatic heterocycles. The summed E-state index contributed by atoms with van der Waals surface area (Å²) in [7, 11) is 1.64. The standard InChI is InChI=1S/C13H25N5O2/c1-3-16-4-6-17(7-5-16)10-13-14-12(11-20-2)15-18(13)8-9-19/h19H,3-11H2,1-2H3. The van der Waals surface area contributed by atoms with Crippen molar-refractivity contribution in [3.05, 3.63) is 11.6 Å². The van der Waals surface area contributed by atoms with Crippen molar-refractivity contribution in [2.45, 2.75) is 26.6 Å². The van der Waals surface area contributed by atoms with Gasteiger partial charge in [-0.25, -0.2) is 9.67 Å². The van der Waals surface area contributed by atoms with E-state index in [0.29, 0.717) is 19.0 Å². The van der Waals surface area contributed by atoms with E-state index >= 15 is 0 Å².